The Morgan fingerprint density at radius 2 is 2.28 bits per heavy atom. The van der Waals surface area contributed by atoms with Gasteiger partial charge in [0.05, 0.1) is 18.7 Å². The Labute approximate surface area is 126 Å². The molecule has 0 aliphatic carbocycles. The fourth-order valence-corrected chi connectivity index (χ4v) is 2.54. The summed E-state index contributed by atoms with van der Waals surface area (Å²) in [4.78, 5) is 15.5. The van der Waals surface area contributed by atoms with Gasteiger partial charge in [0, 0.05) is 10.9 Å². The molecule has 7 heteroatoms. The Kier molecular flexibility index (Phi) is 6.40. The molecule has 0 aliphatic rings. The van der Waals surface area contributed by atoms with Crippen LogP contribution in [0.5, 0.6) is 0 Å². The highest BCUT2D eigenvalue weighted by molar-refractivity contribution is 14.1. The fourth-order valence-electron chi connectivity index (χ4n) is 1.37. The maximum atomic E-state index is 12.8. The number of nitrogens with zero attached hydrogens (tertiary/aromatic N) is 1. The molecule has 0 atom stereocenters. The van der Waals surface area contributed by atoms with Crippen molar-refractivity contribution in [1.82, 2.24) is 4.98 Å². The lowest BCUT2D eigenvalue weighted by atomic mass is 10.1. The molecule has 1 aromatic heterocycles. The second-order valence-corrected chi connectivity index (χ2v) is 4.97. The first kappa shape index (κ1) is 15.7. The molecule has 100 valence electrons. The monoisotopic (exact) mass is 433 g/mol. The highest BCUT2D eigenvalue weighted by Gasteiger charge is 2.18. The third-order valence-electron chi connectivity index (χ3n) is 2.17. The first-order valence-electron chi connectivity index (χ1n) is 5.17. The summed E-state index contributed by atoms with van der Waals surface area (Å²) < 4.78 is 30.6. The summed E-state index contributed by atoms with van der Waals surface area (Å²) in [6, 6.07) is 1.33. The lowest BCUT2D eigenvalue weighted by Crippen LogP contribution is -2.11. The van der Waals surface area contributed by atoms with Gasteiger partial charge in [0.25, 0.3) is 6.43 Å². The van der Waals surface area contributed by atoms with E-state index in [4.69, 9.17) is 4.74 Å². The molecule has 0 bridgehead atoms. The molecule has 0 unspecified atom stereocenters. The van der Waals surface area contributed by atoms with Gasteiger partial charge in [-0.25, -0.2) is 13.8 Å². The largest absolute Gasteiger partial charge is 0.466 e. The SMILES string of the molecule is CCOC(=O)Cc1cc(C(F)F)c(I)nc1CBr. The zero-order valence-corrected chi connectivity index (χ0v) is 13.3. The van der Waals surface area contributed by atoms with Crippen LogP contribution in [0.15, 0.2) is 6.07 Å². The molecule has 1 aromatic rings. The van der Waals surface area contributed by atoms with Gasteiger partial charge >= 0.3 is 5.97 Å². The number of ether oxygens (including phenoxy) is 1. The molecule has 1 rings (SSSR count). The van der Waals surface area contributed by atoms with E-state index in [9.17, 15) is 13.6 Å². The predicted octanol–water partition coefficient (Wildman–Crippen LogP) is 3.62. The lowest BCUT2D eigenvalue weighted by Gasteiger charge is -2.10. The molecule has 0 fully saturated rings. The maximum Gasteiger partial charge on any atom is 0.310 e. The van der Waals surface area contributed by atoms with Crippen molar-refractivity contribution in [2.24, 2.45) is 0 Å². The van der Waals surface area contributed by atoms with Crippen LogP contribution in [0.4, 0.5) is 8.78 Å². The molecule has 0 spiro atoms. The van der Waals surface area contributed by atoms with Crippen LogP contribution in [0, 0.1) is 3.70 Å². The zero-order valence-electron chi connectivity index (χ0n) is 9.55. The minimum Gasteiger partial charge on any atom is -0.466 e. The van der Waals surface area contributed by atoms with Crippen LogP contribution in [-0.2, 0) is 21.3 Å². The smallest absolute Gasteiger partial charge is 0.310 e. The number of carbonyl (C=O) groups is 1. The number of hydrogen-bond donors (Lipinski definition) is 0. The van der Waals surface area contributed by atoms with Gasteiger partial charge in [0.15, 0.2) is 0 Å². The highest BCUT2D eigenvalue weighted by Crippen LogP contribution is 2.26. The van der Waals surface area contributed by atoms with Gasteiger partial charge in [0.2, 0.25) is 0 Å². The molecular weight excluding hydrogens is 423 g/mol. The summed E-state index contributed by atoms with van der Waals surface area (Å²) in [5.74, 6) is -0.442. The van der Waals surface area contributed by atoms with E-state index in [0.29, 0.717) is 16.6 Å². The lowest BCUT2D eigenvalue weighted by molar-refractivity contribution is -0.142. The van der Waals surface area contributed by atoms with Crippen molar-refractivity contribution in [3.05, 3.63) is 26.6 Å². The van der Waals surface area contributed by atoms with Crippen molar-refractivity contribution >= 4 is 44.5 Å². The number of carbonyl (C=O) groups excluding carboxylic acids is 1. The van der Waals surface area contributed by atoms with Crippen LogP contribution in [0.2, 0.25) is 0 Å². The van der Waals surface area contributed by atoms with E-state index in [1.54, 1.807) is 29.5 Å². The molecule has 3 nitrogen and oxygen atoms in total. The minimum atomic E-state index is -2.60. The Balaban J connectivity index is 3.08. The first-order chi connectivity index (χ1) is 8.49. The predicted molar refractivity (Wildman–Crippen MR) is 74.9 cm³/mol. The molecule has 18 heavy (non-hydrogen) atoms. The number of aromatic nitrogens is 1. The number of halogens is 4. The summed E-state index contributed by atoms with van der Waals surface area (Å²) in [5.41, 5.74) is 0.900. The number of hydrogen-bond acceptors (Lipinski definition) is 3. The standard InChI is InChI=1S/C11H11BrF2INO2/c1-2-18-9(17)4-6-3-7(10(13)14)11(15)16-8(6)5-12/h3,10H,2,4-5H2,1H3. The summed E-state index contributed by atoms with van der Waals surface area (Å²) in [6.07, 6.45) is -2.65. The molecule has 0 aliphatic heterocycles. The van der Waals surface area contributed by atoms with E-state index in [2.05, 4.69) is 20.9 Å². The van der Waals surface area contributed by atoms with Crippen molar-refractivity contribution in [3.63, 3.8) is 0 Å². The van der Waals surface area contributed by atoms with Crippen LogP contribution in [0.25, 0.3) is 0 Å². The quantitative estimate of drug-likeness (QED) is 0.308. The van der Waals surface area contributed by atoms with Gasteiger partial charge in [-0.15, -0.1) is 0 Å². The molecule has 0 saturated carbocycles. The van der Waals surface area contributed by atoms with Crippen molar-refractivity contribution in [2.45, 2.75) is 25.1 Å². The molecule has 1 heterocycles. The minimum absolute atomic E-state index is 0.0432. The topological polar surface area (TPSA) is 39.2 Å². The van der Waals surface area contributed by atoms with Crippen LogP contribution < -0.4 is 0 Å². The number of esters is 1. The molecule has 0 amide bonds. The Hall–Kier alpha value is -0.310. The van der Waals surface area contributed by atoms with Gasteiger partial charge in [-0.3, -0.25) is 4.79 Å². The number of rotatable bonds is 5. The third-order valence-corrected chi connectivity index (χ3v) is 3.57. The fraction of sp³-hybridized carbons (Fsp3) is 0.455. The van der Waals surface area contributed by atoms with Crippen molar-refractivity contribution in [3.8, 4) is 0 Å². The summed E-state index contributed by atoms with van der Waals surface area (Å²) in [7, 11) is 0. The van der Waals surface area contributed by atoms with E-state index < -0.39 is 12.4 Å². The average Bonchev–Trinajstić information content (AvgIpc) is 2.30. The van der Waals surface area contributed by atoms with E-state index in [1.165, 1.54) is 6.07 Å². The molecular formula is C11H11BrF2INO2. The van der Waals surface area contributed by atoms with E-state index in [1.807, 2.05) is 0 Å². The molecule has 0 radical (unpaired) electrons. The van der Waals surface area contributed by atoms with Crippen LogP contribution in [0.3, 0.4) is 0 Å². The van der Waals surface area contributed by atoms with E-state index >= 15 is 0 Å². The van der Waals surface area contributed by atoms with Gasteiger partial charge in [-0.1, -0.05) is 15.9 Å². The highest BCUT2D eigenvalue weighted by atomic mass is 127. The van der Waals surface area contributed by atoms with Gasteiger partial charge in [-0.2, -0.15) is 0 Å². The molecule has 0 N–H and O–H groups in total. The Morgan fingerprint density at radius 3 is 2.78 bits per heavy atom. The maximum absolute atomic E-state index is 12.8. The van der Waals surface area contributed by atoms with Crippen LogP contribution in [-0.4, -0.2) is 17.6 Å². The Morgan fingerprint density at radius 1 is 1.61 bits per heavy atom. The van der Waals surface area contributed by atoms with Crippen molar-refractivity contribution < 1.29 is 18.3 Å². The van der Waals surface area contributed by atoms with Gasteiger partial charge in [0.1, 0.15) is 3.70 Å². The van der Waals surface area contributed by atoms with Crippen LogP contribution in [0.1, 0.15) is 30.2 Å². The third kappa shape index (κ3) is 4.11. The summed E-state index contributed by atoms with van der Waals surface area (Å²) in [5, 5.41) is 0.404. The van der Waals surface area contributed by atoms with Gasteiger partial charge < -0.3 is 4.74 Å². The van der Waals surface area contributed by atoms with Crippen molar-refractivity contribution in [1.29, 1.82) is 0 Å². The average molecular weight is 434 g/mol. The second kappa shape index (κ2) is 7.32. The molecule has 0 saturated heterocycles. The summed E-state index contributed by atoms with van der Waals surface area (Å²) in [6.45, 7) is 1.96. The van der Waals surface area contributed by atoms with Crippen molar-refractivity contribution in [2.75, 3.05) is 6.61 Å². The van der Waals surface area contributed by atoms with Crippen LogP contribution >= 0.6 is 38.5 Å². The second-order valence-electron chi connectivity index (χ2n) is 3.39. The Bertz CT molecular complexity index is 443. The summed E-state index contributed by atoms with van der Waals surface area (Å²) >= 11 is 4.99. The normalized spacial score (nSPS) is 10.8. The van der Waals surface area contributed by atoms with Gasteiger partial charge in [-0.05, 0) is 41.1 Å². The first-order valence-corrected chi connectivity index (χ1v) is 7.37. The van der Waals surface area contributed by atoms with E-state index in [0.717, 1.165) is 0 Å². The number of alkyl halides is 3. The molecule has 0 aromatic carbocycles. The van der Waals surface area contributed by atoms with E-state index in [-0.39, 0.29) is 22.3 Å². The number of pyridine rings is 1. The zero-order chi connectivity index (χ0) is 13.7.